The normalized spacial score (nSPS) is 62.7. The van der Waals surface area contributed by atoms with Crippen molar-refractivity contribution in [1.29, 1.82) is 0 Å². The highest BCUT2D eigenvalue weighted by molar-refractivity contribution is 5.30. The molecule has 0 aromatic rings. The zero-order chi connectivity index (χ0) is 23.1. The van der Waals surface area contributed by atoms with Gasteiger partial charge in [0.2, 0.25) is 0 Å². The molecule has 1 aliphatic heterocycles. The summed E-state index contributed by atoms with van der Waals surface area (Å²) in [5.41, 5.74) is 2.97. The molecule has 0 unspecified atom stereocenters. The largest absolute Gasteiger partial charge is 0.393 e. The topological polar surface area (TPSA) is 32.8 Å². The van der Waals surface area contributed by atoms with Crippen molar-refractivity contribution in [3.05, 3.63) is 12.2 Å². The first-order valence-corrected chi connectivity index (χ1v) is 13.8. The first-order valence-electron chi connectivity index (χ1n) is 13.8. The highest BCUT2D eigenvalue weighted by Crippen LogP contribution is 2.77. The maximum absolute atomic E-state index is 10.9. The minimum atomic E-state index is -0.132. The average Bonchev–Trinajstić information content (AvgIpc) is 3.53. The molecule has 0 radical (unpaired) electrons. The van der Waals surface area contributed by atoms with Crippen molar-refractivity contribution in [1.82, 2.24) is 0 Å². The molecule has 0 aromatic heterocycles. The quantitative estimate of drug-likeness (QED) is 0.324. The molecule has 6 aliphatic rings. The van der Waals surface area contributed by atoms with E-state index < -0.39 is 0 Å². The maximum atomic E-state index is 10.9. The molecule has 0 spiro atoms. The molecule has 2 heteroatoms. The van der Waals surface area contributed by atoms with Crippen LogP contribution >= 0.6 is 0 Å². The number of fused-ring (bicyclic) bond motifs is 9. The molecule has 0 aromatic carbocycles. The van der Waals surface area contributed by atoms with E-state index in [0.717, 1.165) is 24.2 Å². The lowest BCUT2D eigenvalue weighted by atomic mass is 9.31. The second-order valence-corrected chi connectivity index (χ2v) is 14.9. The molecule has 1 saturated heterocycles. The fourth-order valence-corrected chi connectivity index (χ4v) is 11.8. The Morgan fingerprint density at radius 3 is 2.25 bits per heavy atom. The number of epoxide rings is 1. The van der Waals surface area contributed by atoms with Crippen LogP contribution in [0.4, 0.5) is 0 Å². The molecule has 0 bridgehead atoms. The molecule has 6 rings (SSSR count). The number of hydrogen-bond donors (Lipinski definition) is 1. The summed E-state index contributed by atoms with van der Waals surface area (Å²) < 4.78 is 6.27. The molecule has 5 saturated carbocycles. The third kappa shape index (κ3) is 2.31. The van der Waals surface area contributed by atoms with Crippen molar-refractivity contribution in [2.45, 2.75) is 118 Å². The second kappa shape index (κ2) is 6.26. The minimum absolute atomic E-state index is 0.0468. The van der Waals surface area contributed by atoms with Crippen LogP contribution in [0.1, 0.15) is 99.8 Å². The van der Waals surface area contributed by atoms with E-state index in [1.807, 2.05) is 0 Å². The van der Waals surface area contributed by atoms with Crippen LogP contribution in [0.5, 0.6) is 0 Å². The van der Waals surface area contributed by atoms with Gasteiger partial charge in [0.05, 0.1) is 12.2 Å². The predicted octanol–water partition coefficient (Wildman–Crippen LogP) is 7.01. The summed E-state index contributed by atoms with van der Waals surface area (Å²) in [4.78, 5) is 0. The lowest BCUT2D eigenvalue weighted by molar-refractivity contribution is -0.251. The summed E-state index contributed by atoms with van der Waals surface area (Å²) in [7, 11) is 0. The highest BCUT2D eigenvalue weighted by Gasteiger charge is 2.73. The number of aliphatic hydroxyl groups is 1. The van der Waals surface area contributed by atoms with E-state index in [0.29, 0.717) is 45.7 Å². The van der Waals surface area contributed by atoms with Crippen molar-refractivity contribution in [2.24, 2.45) is 56.7 Å². The van der Waals surface area contributed by atoms with Crippen LogP contribution < -0.4 is 0 Å². The summed E-state index contributed by atoms with van der Waals surface area (Å²) in [5.74, 6) is 3.55. The third-order valence-corrected chi connectivity index (χ3v) is 13.9. The smallest absolute Gasteiger partial charge is 0.106 e. The molecule has 2 nitrogen and oxygen atoms in total. The fraction of sp³-hybridized carbons (Fsp3) is 0.933. The Kier molecular flexibility index (Phi) is 4.33. The Hall–Kier alpha value is -0.340. The molecule has 1 N–H and O–H groups in total. The second-order valence-electron chi connectivity index (χ2n) is 14.9. The molecule has 6 fully saturated rings. The van der Waals surface area contributed by atoms with Crippen LogP contribution in [0.3, 0.4) is 0 Å². The van der Waals surface area contributed by atoms with E-state index in [9.17, 15) is 5.11 Å². The van der Waals surface area contributed by atoms with E-state index in [2.05, 4.69) is 55.0 Å². The van der Waals surface area contributed by atoms with Crippen molar-refractivity contribution in [3.8, 4) is 0 Å². The van der Waals surface area contributed by atoms with Gasteiger partial charge in [-0.25, -0.2) is 0 Å². The van der Waals surface area contributed by atoms with Crippen LogP contribution in [-0.2, 0) is 4.74 Å². The predicted molar refractivity (Wildman–Crippen MR) is 130 cm³/mol. The Morgan fingerprint density at radius 1 is 0.812 bits per heavy atom. The standard InChI is InChI=1S/C30H48O2/c1-17-18(2)24-25(32-24)28(6)15-16-29(7)19(23(17)28)9-10-21-27(5)13-12-22(31)26(3,4)20(27)11-14-30(21,29)8/h17,19-25,31H,2,9-16H2,1,3-8H3/t17-,19-,20+,21-,22+,23+,24+,25+,27+,28-,29-,30-/m1/s1. The van der Waals surface area contributed by atoms with Crippen LogP contribution in [-0.4, -0.2) is 23.4 Å². The number of aliphatic hydroxyl groups excluding tert-OH is 1. The Balaban J connectivity index is 1.40. The summed E-state index contributed by atoms with van der Waals surface area (Å²) in [6.45, 7) is 22.4. The lowest BCUT2D eigenvalue weighted by Gasteiger charge is -2.73. The maximum Gasteiger partial charge on any atom is 0.106 e. The van der Waals surface area contributed by atoms with Crippen molar-refractivity contribution < 1.29 is 9.84 Å². The van der Waals surface area contributed by atoms with E-state index >= 15 is 0 Å². The van der Waals surface area contributed by atoms with Gasteiger partial charge in [-0.05, 0) is 108 Å². The van der Waals surface area contributed by atoms with Gasteiger partial charge in [-0.3, -0.25) is 0 Å². The SMILES string of the molecule is C=C1[C@@H](C)[C@H]2[C@H]3CC[C@@H]4[C@@]5(C)CC[C@H](O)C(C)(C)[C@@H]5CC[C@@]4(C)[C@]3(C)CC[C@@]2(C)[C@H]2O[C@@H]12. The Morgan fingerprint density at radius 2 is 1.53 bits per heavy atom. The summed E-state index contributed by atoms with van der Waals surface area (Å²) >= 11 is 0. The van der Waals surface area contributed by atoms with Gasteiger partial charge in [-0.1, -0.05) is 55.0 Å². The van der Waals surface area contributed by atoms with Crippen LogP contribution in [0, 0.1) is 56.7 Å². The summed E-state index contributed by atoms with van der Waals surface area (Å²) in [5, 5.41) is 10.9. The van der Waals surface area contributed by atoms with Gasteiger partial charge in [0.25, 0.3) is 0 Å². The molecule has 0 amide bonds. The van der Waals surface area contributed by atoms with Gasteiger partial charge >= 0.3 is 0 Å². The number of hydrogen-bond acceptors (Lipinski definition) is 2. The monoisotopic (exact) mass is 440 g/mol. The average molecular weight is 441 g/mol. The van der Waals surface area contributed by atoms with E-state index in [4.69, 9.17) is 4.74 Å². The van der Waals surface area contributed by atoms with Gasteiger partial charge in [-0.2, -0.15) is 0 Å². The van der Waals surface area contributed by atoms with Crippen molar-refractivity contribution >= 4 is 0 Å². The van der Waals surface area contributed by atoms with E-state index in [1.54, 1.807) is 0 Å². The number of rotatable bonds is 0. The van der Waals surface area contributed by atoms with Gasteiger partial charge in [0, 0.05) is 5.41 Å². The zero-order valence-corrected chi connectivity index (χ0v) is 21.8. The molecule has 32 heavy (non-hydrogen) atoms. The van der Waals surface area contributed by atoms with E-state index in [1.165, 1.54) is 50.5 Å². The van der Waals surface area contributed by atoms with Gasteiger partial charge in [-0.15, -0.1) is 0 Å². The molecule has 12 atom stereocenters. The van der Waals surface area contributed by atoms with Crippen LogP contribution in [0.25, 0.3) is 0 Å². The molecule has 1 heterocycles. The Bertz CT molecular complexity index is 846. The highest BCUT2D eigenvalue weighted by atomic mass is 16.6. The van der Waals surface area contributed by atoms with Crippen molar-refractivity contribution in [3.63, 3.8) is 0 Å². The fourth-order valence-electron chi connectivity index (χ4n) is 11.8. The first-order chi connectivity index (χ1) is 14.8. The number of ether oxygens (including phenoxy) is 1. The summed E-state index contributed by atoms with van der Waals surface area (Å²) in [6.07, 6.45) is 11.0. The minimum Gasteiger partial charge on any atom is -0.393 e. The van der Waals surface area contributed by atoms with Crippen LogP contribution in [0.15, 0.2) is 12.2 Å². The van der Waals surface area contributed by atoms with Gasteiger partial charge in [0.15, 0.2) is 0 Å². The molecular formula is C30H48O2. The Labute approximate surface area is 197 Å². The lowest BCUT2D eigenvalue weighted by Crippen LogP contribution is -2.67. The van der Waals surface area contributed by atoms with Crippen molar-refractivity contribution in [2.75, 3.05) is 0 Å². The molecule has 180 valence electrons. The molecular weight excluding hydrogens is 392 g/mol. The third-order valence-electron chi connectivity index (χ3n) is 13.9. The first kappa shape index (κ1) is 22.1. The zero-order valence-electron chi connectivity index (χ0n) is 21.8. The molecule has 5 aliphatic carbocycles. The van der Waals surface area contributed by atoms with E-state index in [-0.39, 0.29) is 11.5 Å². The van der Waals surface area contributed by atoms with Gasteiger partial charge in [0.1, 0.15) is 6.10 Å². The summed E-state index contributed by atoms with van der Waals surface area (Å²) in [6, 6.07) is 0. The van der Waals surface area contributed by atoms with Crippen LogP contribution in [0.2, 0.25) is 0 Å². The van der Waals surface area contributed by atoms with Gasteiger partial charge < -0.3 is 9.84 Å².